The van der Waals surface area contributed by atoms with Gasteiger partial charge >= 0.3 is 5.76 Å². The molecule has 0 aliphatic heterocycles. The number of methoxy groups -OCH3 is 1. The number of furan rings is 1. The summed E-state index contributed by atoms with van der Waals surface area (Å²) in [4.78, 5) is 13.7. The first-order valence-corrected chi connectivity index (χ1v) is 10.1. The number of ether oxygens (including phenoxy) is 1. The number of H-pyrrole nitrogens is 1. The largest absolute Gasteiger partial charge is 0.495 e. The summed E-state index contributed by atoms with van der Waals surface area (Å²) < 4.78 is 44.5. The number of aromatic nitrogens is 1. The first kappa shape index (κ1) is 17.4. The molecule has 5 aromatic rings. The summed E-state index contributed by atoms with van der Waals surface area (Å²) in [7, 11) is -2.51. The number of rotatable bonds is 4. The zero-order valence-electron chi connectivity index (χ0n) is 15.1. The lowest BCUT2D eigenvalue weighted by Gasteiger charge is -2.12. The number of sulfonamides is 1. The van der Waals surface area contributed by atoms with E-state index in [0.717, 1.165) is 10.8 Å². The van der Waals surface area contributed by atoms with Crippen molar-refractivity contribution in [3.05, 3.63) is 65.1 Å². The quantitative estimate of drug-likeness (QED) is 0.465. The first-order chi connectivity index (χ1) is 13.9. The standard InChI is InChI=1S/C20H14N2O6S/c1-26-18-9-13-12-4-2-3-5-16(12)27-17(13)10-15(18)22-29(24,25)11-6-7-14-19(8-11)28-20(23)21-14/h2-10,22H,1H3,(H,21,23). The molecule has 2 aromatic heterocycles. The second-order valence-corrected chi connectivity index (χ2v) is 8.11. The topological polar surface area (TPSA) is 115 Å². The van der Waals surface area contributed by atoms with Gasteiger partial charge in [0.05, 0.1) is 23.2 Å². The minimum Gasteiger partial charge on any atom is -0.495 e. The fourth-order valence-corrected chi connectivity index (χ4v) is 4.37. The van der Waals surface area contributed by atoms with Crippen molar-refractivity contribution in [2.75, 3.05) is 11.8 Å². The number of hydrogen-bond acceptors (Lipinski definition) is 6. The van der Waals surface area contributed by atoms with E-state index in [1.54, 1.807) is 12.1 Å². The predicted molar refractivity (Wildman–Crippen MR) is 108 cm³/mol. The van der Waals surface area contributed by atoms with Crippen molar-refractivity contribution in [2.45, 2.75) is 4.90 Å². The highest BCUT2D eigenvalue weighted by Crippen LogP contribution is 2.37. The third kappa shape index (κ3) is 2.83. The normalized spacial score (nSPS) is 12.0. The Morgan fingerprint density at radius 1 is 0.931 bits per heavy atom. The van der Waals surface area contributed by atoms with E-state index in [1.165, 1.54) is 25.3 Å². The molecule has 146 valence electrons. The molecule has 0 aliphatic rings. The average molecular weight is 410 g/mol. The fourth-order valence-electron chi connectivity index (χ4n) is 3.30. The lowest BCUT2D eigenvalue weighted by Crippen LogP contribution is -2.13. The van der Waals surface area contributed by atoms with Crippen LogP contribution in [-0.2, 0) is 10.0 Å². The summed E-state index contributed by atoms with van der Waals surface area (Å²) in [6.07, 6.45) is 0. The van der Waals surface area contributed by atoms with Crippen molar-refractivity contribution in [1.82, 2.24) is 4.98 Å². The van der Waals surface area contributed by atoms with Crippen LogP contribution in [0.2, 0.25) is 0 Å². The molecule has 3 aromatic carbocycles. The van der Waals surface area contributed by atoms with Crippen molar-refractivity contribution in [3.8, 4) is 5.75 Å². The molecule has 29 heavy (non-hydrogen) atoms. The maximum atomic E-state index is 12.9. The SMILES string of the molecule is COc1cc2c(cc1NS(=O)(=O)c1ccc3[nH]c(=O)oc3c1)oc1ccccc12. The number of benzene rings is 3. The molecule has 9 heteroatoms. The smallest absolute Gasteiger partial charge is 0.417 e. The Morgan fingerprint density at radius 3 is 2.59 bits per heavy atom. The number of fused-ring (bicyclic) bond motifs is 4. The van der Waals surface area contributed by atoms with Gasteiger partial charge in [-0.15, -0.1) is 0 Å². The average Bonchev–Trinajstić information content (AvgIpc) is 3.24. The van der Waals surface area contributed by atoms with Gasteiger partial charge in [0.15, 0.2) is 5.58 Å². The second kappa shape index (κ2) is 6.14. The van der Waals surface area contributed by atoms with Crippen molar-refractivity contribution < 1.29 is 22.0 Å². The summed E-state index contributed by atoms with van der Waals surface area (Å²) in [6, 6.07) is 15.0. The third-order valence-electron chi connectivity index (χ3n) is 4.65. The van der Waals surface area contributed by atoms with Gasteiger partial charge in [-0.2, -0.15) is 0 Å². The molecular weight excluding hydrogens is 396 g/mol. The molecule has 0 atom stereocenters. The highest BCUT2D eigenvalue weighted by molar-refractivity contribution is 7.92. The fraction of sp³-hybridized carbons (Fsp3) is 0.0500. The van der Waals surface area contributed by atoms with Gasteiger partial charge in [-0.3, -0.25) is 9.71 Å². The molecule has 0 bridgehead atoms. The van der Waals surface area contributed by atoms with Gasteiger partial charge in [0.2, 0.25) is 0 Å². The molecule has 0 unspecified atom stereocenters. The molecule has 0 fully saturated rings. The van der Waals surface area contributed by atoms with E-state index in [0.29, 0.717) is 22.4 Å². The maximum Gasteiger partial charge on any atom is 0.417 e. The first-order valence-electron chi connectivity index (χ1n) is 8.59. The second-order valence-electron chi connectivity index (χ2n) is 6.42. The van der Waals surface area contributed by atoms with Gasteiger partial charge in [0.1, 0.15) is 16.9 Å². The number of aromatic amines is 1. The summed E-state index contributed by atoms with van der Waals surface area (Å²) in [5.41, 5.74) is 2.01. The molecule has 2 heterocycles. The van der Waals surface area contributed by atoms with Gasteiger partial charge in [-0.05, 0) is 24.3 Å². The number of anilines is 1. The molecule has 0 radical (unpaired) electrons. The van der Waals surface area contributed by atoms with Gasteiger partial charge in [-0.1, -0.05) is 18.2 Å². The van der Waals surface area contributed by atoms with E-state index in [1.807, 2.05) is 24.3 Å². The van der Waals surface area contributed by atoms with Gasteiger partial charge < -0.3 is 13.6 Å². The van der Waals surface area contributed by atoms with Crippen LogP contribution in [0.25, 0.3) is 33.0 Å². The van der Waals surface area contributed by atoms with Crippen LogP contribution in [0, 0.1) is 0 Å². The minimum absolute atomic E-state index is 0.0560. The van der Waals surface area contributed by atoms with Crippen molar-refractivity contribution in [2.24, 2.45) is 0 Å². The molecule has 2 N–H and O–H groups in total. The maximum absolute atomic E-state index is 12.9. The number of nitrogens with one attached hydrogen (secondary N) is 2. The summed E-state index contributed by atoms with van der Waals surface area (Å²) in [5.74, 6) is -0.304. The van der Waals surface area contributed by atoms with E-state index >= 15 is 0 Å². The summed E-state index contributed by atoms with van der Waals surface area (Å²) in [6.45, 7) is 0. The molecule has 0 saturated heterocycles. The lowest BCUT2D eigenvalue weighted by atomic mass is 10.1. The van der Waals surface area contributed by atoms with Crippen molar-refractivity contribution in [3.63, 3.8) is 0 Å². The van der Waals surface area contributed by atoms with Crippen LogP contribution in [0.5, 0.6) is 5.75 Å². The van der Waals surface area contributed by atoms with Crippen molar-refractivity contribution in [1.29, 1.82) is 0 Å². The van der Waals surface area contributed by atoms with Crippen LogP contribution >= 0.6 is 0 Å². The predicted octanol–water partition coefficient (Wildman–Crippen LogP) is 3.83. The Hall–Kier alpha value is -3.72. The highest BCUT2D eigenvalue weighted by Gasteiger charge is 2.20. The molecule has 5 rings (SSSR count). The monoisotopic (exact) mass is 410 g/mol. The van der Waals surface area contributed by atoms with E-state index in [4.69, 9.17) is 13.6 Å². The van der Waals surface area contributed by atoms with Crippen LogP contribution < -0.4 is 15.2 Å². The van der Waals surface area contributed by atoms with Crippen LogP contribution in [0.1, 0.15) is 0 Å². The number of hydrogen-bond donors (Lipinski definition) is 2. The van der Waals surface area contributed by atoms with Crippen LogP contribution in [-0.4, -0.2) is 20.5 Å². The third-order valence-corrected chi connectivity index (χ3v) is 6.01. The van der Waals surface area contributed by atoms with Gasteiger partial charge in [0.25, 0.3) is 10.0 Å². The lowest BCUT2D eigenvalue weighted by molar-refractivity contribution is 0.417. The Morgan fingerprint density at radius 2 is 1.76 bits per heavy atom. The Balaban J connectivity index is 1.61. The molecule has 8 nitrogen and oxygen atoms in total. The summed E-state index contributed by atoms with van der Waals surface area (Å²) in [5, 5.41) is 1.72. The Labute approximate surface area is 163 Å². The van der Waals surface area contributed by atoms with Crippen molar-refractivity contribution >= 4 is 48.7 Å². The Kier molecular flexibility index (Phi) is 3.68. The van der Waals surface area contributed by atoms with Crippen LogP contribution in [0.3, 0.4) is 0 Å². The Bertz CT molecular complexity index is 1560. The zero-order valence-corrected chi connectivity index (χ0v) is 15.9. The zero-order chi connectivity index (χ0) is 20.2. The molecular formula is C20H14N2O6S. The summed E-state index contributed by atoms with van der Waals surface area (Å²) >= 11 is 0. The van der Waals surface area contributed by atoms with Crippen LogP contribution in [0.4, 0.5) is 5.69 Å². The highest BCUT2D eigenvalue weighted by atomic mass is 32.2. The van der Waals surface area contributed by atoms with Gasteiger partial charge in [0, 0.05) is 22.9 Å². The molecule has 0 aliphatic carbocycles. The number of para-hydroxylation sites is 1. The molecule has 0 saturated carbocycles. The molecule has 0 amide bonds. The van der Waals surface area contributed by atoms with E-state index in [2.05, 4.69) is 9.71 Å². The van der Waals surface area contributed by atoms with E-state index in [9.17, 15) is 13.2 Å². The number of oxazole rings is 1. The van der Waals surface area contributed by atoms with E-state index in [-0.39, 0.29) is 16.2 Å². The van der Waals surface area contributed by atoms with E-state index < -0.39 is 15.8 Å². The minimum atomic E-state index is -3.97. The molecule has 0 spiro atoms. The van der Waals surface area contributed by atoms with Gasteiger partial charge in [-0.25, -0.2) is 13.2 Å². The van der Waals surface area contributed by atoms with Crippen LogP contribution in [0.15, 0.2) is 73.1 Å².